The number of hydrogen-bond acceptors (Lipinski definition) is 4. The van der Waals surface area contributed by atoms with Gasteiger partial charge in [-0.15, -0.1) is 0 Å². The molecule has 0 unspecified atom stereocenters. The molecule has 0 amide bonds. The fourth-order valence-electron chi connectivity index (χ4n) is 2.06. The molecule has 0 atom stereocenters. The van der Waals surface area contributed by atoms with Gasteiger partial charge in [0.25, 0.3) is 0 Å². The minimum Gasteiger partial charge on any atom is -0.383 e. The number of pyridine rings is 1. The largest absolute Gasteiger partial charge is 0.383 e. The average Bonchev–Trinajstić information content (AvgIpc) is 2.41. The molecule has 0 radical (unpaired) electrons. The molecule has 0 fully saturated rings. The van der Waals surface area contributed by atoms with E-state index >= 15 is 0 Å². The van der Waals surface area contributed by atoms with E-state index in [1.165, 1.54) is 5.56 Å². The van der Waals surface area contributed by atoms with Crippen LogP contribution in [0.5, 0.6) is 0 Å². The minimum absolute atomic E-state index is 0.635. The quantitative estimate of drug-likeness (QED) is 0.695. The predicted molar refractivity (Wildman–Crippen MR) is 80.5 cm³/mol. The fraction of sp³-hybridized carbons (Fsp3) is 0.667. The van der Waals surface area contributed by atoms with Crippen LogP contribution in [0, 0.1) is 5.92 Å². The van der Waals surface area contributed by atoms with Gasteiger partial charge in [-0.05, 0) is 18.9 Å². The van der Waals surface area contributed by atoms with Gasteiger partial charge >= 0.3 is 0 Å². The third-order valence-electron chi connectivity index (χ3n) is 2.93. The Bertz CT molecular complexity index is 355. The van der Waals surface area contributed by atoms with Crippen LogP contribution in [-0.4, -0.2) is 38.3 Å². The van der Waals surface area contributed by atoms with Crippen molar-refractivity contribution in [2.45, 2.75) is 27.3 Å². The van der Waals surface area contributed by atoms with Crippen molar-refractivity contribution in [3.05, 3.63) is 23.9 Å². The molecule has 1 rings (SSSR count). The second-order valence-electron chi connectivity index (χ2n) is 5.09. The molecule has 19 heavy (non-hydrogen) atoms. The molecule has 0 aliphatic carbocycles. The lowest BCUT2D eigenvalue weighted by atomic mass is 10.1. The first kappa shape index (κ1) is 15.9. The molecule has 1 aromatic heterocycles. The molecule has 1 aromatic rings. The van der Waals surface area contributed by atoms with Gasteiger partial charge in [0, 0.05) is 45.0 Å². The number of rotatable bonds is 9. The molecule has 1 N–H and O–H groups in total. The van der Waals surface area contributed by atoms with E-state index in [1.807, 2.05) is 12.3 Å². The van der Waals surface area contributed by atoms with E-state index in [1.54, 1.807) is 7.11 Å². The van der Waals surface area contributed by atoms with Crippen LogP contribution >= 0.6 is 0 Å². The Labute approximate surface area is 117 Å². The molecule has 0 saturated heterocycles. The first-order valence-corrected chi connectivity index (χ1v) is 7.07. The number of methoxy groups -OCH3 is 1. The predicted octanol–water partition coefficient (Wildman–Crippen LogP) is 2.30. The SMILES string of the molecule is CCN(CC(C)C)c1ncccc1CNCCOC. The second-order valence-corrected chi connectivity index (χ2v) is 5.09. The summed E-state index contributed by atoms with van der Waals surface area (Å²) in [6.45, 7) is 11.1. The van der Waals surface area contributed by atoms with Crippen molar-refractivity contribution in [3.63, 3.8) is 0 Å². The lowest BCUT2D eigenvalue weighted by Crippen LogP contribution is -2.30. The Morgan fingerprint density at radius 1 is 1.42 bits per heavy atom. The van der Waals surface area contributed by atoms with Crippen LogP contribution in [0.4, 0.5) is 5.82 Å². The zero-order valence-electron chi connectivity index (χ0n) is 12.6. The summed E-state index contributed by atoms with van der Waals surface area (Å²) in [5, 5.41) is 3.38. The average molecular weight is 265 g/mol. The van der Waals surface area contributed by atoms with Gasteiger partial charge in [0.05, 0.1) is 6.61 Å². The summed E-state index contributed by atoms with van der Waals surface area (Å²) in [4.78, 5) is 6.90. The molecule has 1 heterocycles. The summed E-state index contributed by atoms with van der Waals surface area (Å²) in [6, 6.07) is 4.14. The van der Waals surface area contributed by atoms with E-state index in [-0.39, 0.29) is 0 Å². The van der Waals surface area contributed by atoms with E-state index in [4.69, 9.17) is 4.74 Å². The number of ether oxygens (including phenoxy) is 1. The third kappa shape index (κ3) is 5.57. The number of aromatic nitrogens is 1. The van der Waals surface area contributed by atoms with Crippen molar-refractivity contribution < 1.29 is 4.74 Å². The summed E-state index contributed by atoms with van der Waals surface area (Å²) < 4.78 is 5.04. The minimum atomic E-state index is 0.635. The maximum Gasteiger partial charge on any atom is 0.133 e. The summed E-state index contributed by atoms with van der Waals surface area (Å²) in [7, 11) is 1.72. The van der Waals surface area contributed by atoms with Crippen molar-refractivity contribution >= 4 is 5.82 Å². The first-order chi connectivity index (χ1) is 9.19. The summed E-state index contributed by atoms with van der Waals surface area (Å²) in [5.74, 6) is 1.74. The Morgan fingerprint density at radius 3 is 2.84 bits per heavy atom. The highest BCUT2D eigenvalue weighted by Gasteiger charge is 2.11. The molecule has 0 aliphatic heterocycles. The Kier molecular flexibility index (Phi) is 7.45. The normalized spacial score (nSPS) is 11.0. The van der Waals surface area contributed by atoms with Crippen LogP contribution in [0.1, 0.15) is 26.3 Å². The maximum atomic E-state index is 5.04. The highest BCUT2D eigenvalue weighted by Crippen LogP contribution is 2.18. The smallest absolute Gasteiger partial charge is 0.133 e. The van der Waals surface area contributed by atoms with Gasteiger partial charge in [-0.1, -0.05) is 19.9 Å². The standard InChI is InChI=1S/C15H27N3O/c1-5-18(12-13(2)3)15-14(7-6-8-17-15)11-16-9-10-19-4/h6-8,13,16H,5,9-12H2,1-4H3. The van der Waals surface area contributed by atoms with Gasteiger partial charge in [0.15, 0.2) is 0 Å². The molecule has 0 aromatic carbocycles. The van der Waals surface area contributed by atoms with Crippen molar-refractivity contribution in [1.82, 2.24) is 10.3 Å². The maximum absolute atomic E-state index is 5.04. The topological polar surface area (TPSA) is 37.4 Å². The van der Waals surface area contributed by atoms with Crippen LogP contribution in [0.2, 0.25) is 0 Å². The van der Waals surface area contributed by atoms with Crippen LogP contribution in [0.15, 0.2) is 18.3 Å². The van der Waals surface area contributed by atoms with E-state index in [9.17, 15) is 0 Å². The van der Waals surface area contributed by atoms with Crippen LogP contribution < -0.4 is 10.2 Å². The van der Waals surface area contributed by atoms with Gasteiger partial charge in [-0.3, -0.25) is 0 Å². The molecular formula is C15H27N3O. The summed E-state index contributed by atoms with van der Waals surface area (Å²) in [6.07, 6.45) is 1.87. The highest BCUT2D eigenvalue weighted by molar-refractivity contribution is 5.46. The lowest BCUT2D eigenvalue weighted by molar-refractivity contribution is 0.199. The summed E-state index contributed by atoms with van der Waals surface area (Å²) in [5.41, 5.74) is 1.25. The Balaban J connectivity index is 2.70. The van der Waals surface area contributed by atoms with Gasteiger partial charge in [-0.2, -0.15) is 0 Å². The lowest BCUT2D eigenvalue weighted by Gasteiger charge is -2.26. The zero-order chi connectivity index (χ0) is 14.1. The number of nitrogens with one attached hydrogen (secondary N) is 1. The fourth-order valence-corrected chi connectivity index (χ4v) is 2.06. The molecule has 0 saturated carbocycles. The Hall–Kier alpha value is -1.13. The van der Waals surface area contributed by atoms with E-state index < -0.39 is 0 Å². The van der Waals surface area contributed by atoms with E-state index in [0.29, 0.717) is 5.92 Å². The number of anilines is 1. The highest BCUT2D eigenvalue weighted by atomic mass is 16.5. The van der Waals surface area contributed by atoms with E-state index in [2.05, 4.69) is 42.0 Å². The molecule has 0 spiro atoms. The monoisotopic (exact) mass is 265 g/mol. The molecule has 0 bridgehead atoms. The van der Waals surface area contributed by atoms with Crippen molar-refractivity contribution in [3.8, 4) is 0 Å². The number of hydrogen-bond donors (Lipinski definition) is 1. The van der Waals surface area contributed by atoms with Crippen LogP contribution in [0.3, 0.4) is 0 Å². The molecule has 4 heteroatoms. The van der Waals surface area contributed by atoms with Crippen molar-refractivity contribution in [2.75, 3.05) is 38.3 Å². The Morgan fingerprint density at radius 2 is 2.21 bits per heavy atom. The molecule has 108 valence electrons. The third-order valence-corrected chi connectivity index (χ3v) is 2.93. The van der Waals surface area contributed by atoms with Gasteiger partial charge in [0.2, 0.25) is 0 Å². The van der Waals surface area contributed by atoms with Crippen molar-refractivity contribution in [2.24, 2.45) is 5.92 Å². The number of nitrogens with zero attached hydrogens (tertiary/aromatic N) is 2. The van der Waals surface area contributed by atoms with Crippen LogP contribution in [0.25, 0.3) is 0 Å². The second kappa shape index (κ2) is 8.88. The van der Waals surface area contributed by atoms with Crippen molar-refractivity contribution in [1.29, 1.82) is 0 Å². The van der Waals surface area contributed by atoms with Gasteiger partial charge in [-0.25, -0.2) is 4.98 Å². The van der Waals surface area contributed by atoms with E-state index in [0.717, 1.165) is 38.6 Å². The summed E-state index contributed by atoms with van der Waals surface area (Å²) >= 11 is 0. The van der Waals surface area contributed by atoms with Crippen LogP contribution in [-0.2, 0) is 11.3 Å². The first-order valence-electron chi connectivity index (χ1n) is 7.07. The van der Waals surface area contributed by atoms with Gasteiger partial charge in [0.1, 0.15) is 5.82 Å². The molecular weight excluding hydrogens is 238 g/mol. The molecule has 0 aliphatic rings. The van der Waals surface area contributed by atoms with Gasteiger partial charge < -0.3 is 15.0 Å². The molecule has 4 nitrogen and oxygen atoms in total. The zero-order valence-corrected chi connectivity index (χ0v) is 12.6.